The first-order valence-electron chi connectivity index (χ1n) is 9.39. The number of hydrogen-bond donors (Lipinski definition) is 4. The summed E-state index contributed by atoms with van der Waals surface area (Å²) in [7, 11) is 0. The zero-order chi connectivity index (χ0) is 24.6. The summed E-state index contributed by atoms with van der Waals surface area (Å²) in [5.74, 6) is -1.35. The van der Waals surface area contributed by atoms with Crippen molar-refractivity contribution >= 4 is 72.2 Å². The summed E-state index contributed by atoms with van der Waals surface area (Å²) in [5, 5.41) is 0. The summed E-state index contributed by atoms with van der Waals surface area (Å²) >= 11 is -5.98. The standard InChI is InChI=1S/C6H4.4C4H7NO.2Sb/c1-2-4-6-5-3-1;4*1-3(2)4(5)6;;/h1-2,5-6H;4*1H2,2H3,(H2,5,6);;/q;;;;;2*+2/p-4. The Bertz CT molecular complexity index is 851. The van der Waals surface area contributed by atoms with Crippen LogP contribution in [0.15, 0.2) is 72.9 Å². The molecule has 0 radical (unpaired) electrons. The van der Waals surface area contributed by atoms with Crippen molar-refractivity contribution in [3.8, 4) is 0 Å². The summed E-state index contributed by atoms with van der Waals surface area (Å²) < 4.78 is 13.1. The summed E-state index contributed by atoms with van der Waals surface area (Å²) in [6, 6.07) is 7.14. The molecule has 1 aromatic carbocycles. The molecule has 0 fully saturated rings. The molecule has 10 heteroatoms. The summed E-state index contributed by atoms with van der Waals surface area (Å²) in [6.45, 7) is 20.9. The maximum absolute atomic E-state index is 12.2. The van der Waals surface area contributed by atoms with E-state index in [-0.39, 0.29) is 23.6 Å². The van der Waals surface area contributed by atoms with E-state index >= 15 is 0 Å². The molecule has 0 unspecified atom stereocenters. The van der Waals surface area contributed by atoms with Crippen molar-refractivity contribution in [2.24, 2.45) is 0 Å². The molecule has 0 saturated carbocycles. The van der Waals surface area contributed by atoms with Gasteiger partial charge in [-0.15, -0.1) is 0 Å². The normalized spacial score (nSPS) is 10.2. The zero-order valence-electron chi connectivity index (χ0n) is 18.7. The van der Waals surface area contributed by atoms with Crippen molar-refractivity contribution in [2.75, 3.05) is 0 Å². The summed E-state index contributed by atoms with van der Waals surface area (Å²) in [5.41, 5.74) is 1.34. The van der Waals surface area contributed by atoms with E-state index in [1.807, 2.05) is 0 Å². The van der Waals surface area contributed by atoms with Gasteiger partial charge in [0, 0.05) is 0 Å². The van der Waals surface area contributed by atoms with E-state index in [0.29, 0.717) is 22.3 Å². The van der Waals surface area contributed by atoms with Gasteiger partial charge in [-0.2, -0.15) is 0 Å². The first kappa shape index (κ1) is 27.7. The number of amides is 4. The van der Waals surface area contributed by atoms with Gasteiger partial charge in [-0.3, -0.25) is 0 Å². The van der Waals surface area contributed by atoms with Gasteiger partial charge in [-0.1, -0.05) is 0 Å². The van der Waals surface area contributed by atoms with E-state index < -0.39 is 41.5 Å². The maximum atomic E-state index is 12.2. The molecule has 0 atom stereocenters. The Morgan fingerprint density at radius 3 is 0.875 bits per heavy atom. The molecule has 0 aromatic heterocycles. The summed E-state index contributed by atoms with van der Waals surface area (Å²) in [6.07, 6.45) is 0. The zero-order valence-corrected chi connectivity index (χ0v) is 23.8. The molecule has 0 saturated heterocycles. The first-order valence-corrected chi connectivity index (χ1v) is 17.1. The molecule has 0 spiro atoms. The van der Waals surface area contributed by atoms with Crippen molar-refractivity contribution in [1.29, 1.82) is 0 Å². The van der Waals surface area contributed by atoms with Crippen molar-refractivity contribution < 1.29 is 19.2 Å². The molecule has 1 aromatic rings. The minimum absolute atomic E-state index is 0.334. The SMILES string of the molecule is C=C(C)C(=O)[NH][Sb]([NH]C(=O)C(=C)C)[c]1cc[c]([Sb]([NH]C(=O)C(=C)C)[NH]C(=O)C(=C)C)cc1. The van der Waals surface area contributed by atoms with Crippen LogP contribution in [0.4, 0.5) is 0 Å². The van der Waals surface area contributed by atoms with Crippen molar-refractivity contribution in [1.82, 2.24) is 13.9 Å². The molecule has 8 nitrogen and oxygen atoms in total. The van der Waals surface area contributed by atoms with Gasteiger partial charge < -0.3 is 0 Å². The van der Waals surface area contributed by atoms with Crippen LogP contribution in [0.25, 0.3) is 0 Å². The van der Waals surface area contributed by atoms with Crippen LogP contribution < -0.4 is 20.9 Å². The average molecular weight is 656 g/mol. The first-order chi connectivity index (χ1) is 14.8. The van der Waals surface area contributed by atoms with Gasteiger partial charge in [0.05, 0.1) is 0 Å². The van der Waals surface area contributed by atoms with Crippen molar-refractivity contribution in [3.63, 3.8) is 0 Å². The molecular formula is C22H28N4O4Sb2. The third-order valence-corrected chi connectivity index (χ3v) is 13.3. The number of carbonyl (C=O) groups is 4. The predicted molar refractivity (Wildman–Crippen MR) is 129 cm³/mol. The van der Waals surface area contributed by atoms with Crippen LogP contribution in [0, 0.1) is 0 Å². The number of rotatable bonds is 10. The van der Waals surface area contributed by atoms with Crippen LogP contribution >= 0.6 is 0 Å². The second-order valence-corrected chi connectivity index (χ2v) is 16.4. The molecule has 170 valence electrons. The monoisotopic (exact) mass is 654 g/mol. The van der Waals surface area contributed by atoms with E-state index in [1.54, 1.807) is 52.0 Å². The number of benzene rings is 1. The fourth-order valence-corrected chi connectivity index (χ4v) is 10.7. The van der Waals surface area contributed by atoms with E-state index in [2.05, 4.69) is 40.2 Å². The van der Waals surface area contributed by atoms with E-state index in [9.17, 15) is 19.2 Å². The van der Waals surface area contributed by atoms with Crippen LogP contribution in [0.3, 0.4) is 0 Å². The molecule has 0 heterocycles. The molecule has 4 N–H and O–H groups in total. The Hall–Kier alpha value is -2.30. The quantitative estimate of drug-likeness (QED) is 0.207. The van der Waals surface area contributed by atoms with Crippen LogP contribution in [0.1, 0.15) is 27.7 Å². The van der Waals surface area contributed by atoms with Crippen LogP contribution in [-0.4, -0.2) is 65.2 Å². The van der Waals surface area contributed by atoms with Crippen LogP contribution in [0.2, 0.25) is 0 Å². The van der Waals surface area contributed by atoms with Crippen LogP contribution in [-0.2, 0) is 19.2 Å². The van der Waals surface area contributed by atoms with Gasteiger partial charge in [0.25, 0.3) is 0 Å². The van der Waals surface area contributed by atoms with Crippen LogP contribution in [0.5, 0.6) is 0 Å². The Morgan fingerprint density at radius 1 is 0.531 bits per heavy atom. The van der Waals surface area contributed by atoms with Gasteiger partial charge >= 0.3 is 206 Å². The molecule has 32 heavy (non-hydrogen) atoms. The fourth-order valence-electron chi connectivity index (χ4n) is 1.85. The number of carbonyl (C=O) groups excluding carboxylic acids is 4. The van der Waals surface area contributed by atoms with Gasteiger partial charge in [-0.25, -0.2) is 0 Å². The predicted octanol–water partition coefficient (Wildman–Crippen LogP) is -0.154. The molecule has 0 aliphatic rings. The third kappa shape index (κ3) is 8.68. The average Bonchev–Trinajstić information content (AvgIpc) is 2.72. The van der Waals surface area contributed by atoms with Crippen molar-refractivity contribution in [3.05, 3.63) is 72.9 Å². The number of nitrogens with one attached hydrogen (secondary N) is 4. The Balaban J connectivity index is 3.24. The molecular weight excluding hydrogens is 628 g/mol. The Kier molecular flexibility index (Phi) is 11.0. The minimum atomic E-state index is -2.99. The topological polar surface area (TPSA) is 116 Å². The van der Waals surface area contributed by atoms with Gasteiger partial charge in [0.15, 0.2) is 0 Å². The second-order valence-electron chi connectivity index (χ2n) is 7.07. The van der Waals surface area contributed by atoms with Gasteiger partial charge in [0.1, 0.15) is 0 Å². The van der Waals surface area contributed by atoms with E-state index in [4.69, 9.17) is 0 Å². The number of hydrogen-bond acceptors (Lipinski definition) is 4. The Morgan fingerprint density at radius 2 is 0.719 bits per heavy atom. The molecule has 0 bridgehead atoms. The van der Waals surface area contributed by atoms with Gasteiger partial charge in [0.2, 0.25) is 0 Å². The molecule has 0 aliphatic heterocycles. The molecule has 1 rings (SSSR count). The summed E-state index contributed by atoms with van der Waals surface area (Å²) in [4.78, 5) is 48.7. The third-order valence-electron chi connectivity index (χ3n) is 3.77. The fraction of sp³-hybridized carbons (Fsp3) is 0.182. The van der Waals surface area contributed by atoms with E-state index in [0.717, 1.165) is 7.02 Å². The second kappa shape index (κ2) is 12.7. The van der Waals surface area contributed by atoms with E-state index in [1.165, 1.54) is 0 Å². The molecule has 4 amide bonds. The van der Waals surface area contributed by atoms with Gasteiger partial charge in [-0.05, 0) is 0 Å². The molecule has 0 aliphatic carbocycles. The van der Waals surface area contributed by atoms with Crippen molar-refractivity contribution in [2.45, 2.75) is 27.7 Å². The Labute approximate surface area is 204 Å².